The zero-order valence-electron chi connectivity index (χ0n) is 16.6. The van der Waals surface area contributed by atoms with Crippen LogP contribution in [0.2, 0.25) is 0 Å². The van der Waals surface area contributed by atoms with Crippen LogP contribution in [0.3, 0.4) is 0 Å². The molecule has 8 heteroatoms. The lowest BCUT2D eigenvalue weighted by Crippen LogP contribution is -2.27. The lowest BCUT2D eigenvalue weighted by molar-refractivity contribution is -0.114. The molecule has 0 spiro atoms. The molecule has 1 aliphatic rings. The number of fused-ring (bicyclic) bond motifs is 1. The van der Waals surface area contributed by atoms with E-state index in [1.165, 1.54) is 6.92 Å². The lowest BCUT2D eigenvalue weighted by atomic mass is 10.1. The molecular weight excluding hydrogens is 368 g/mol. The van der Waals surface area contributed by atoms with E-state index in [-0.39, 0.29) is 17.5 Å². The predicted octanol–water partition coefficient (Wildman–Crippen LogP) is 3.57. The van der Waals surface area contributed by atoms with Gasteiger partial charge in [0.15, 0.2) is 0 Å². The highest BCUT2D eigenvalue weighted by Crippen LogP contribution is 2.31. The molecule has 150 valence electrons. The molecule has 29 heavy (non-hydrogen) atoms. The SMILES string of the molecule is CCc1cc2cnc(Nc3ccc(NC(C)=O)cn3)nc2n(C2CCCC2)c1=O. The highest BCUT2D eigenvalue weighted by atomic mass is 16.1. The van der Waals surface area contributed by atoms with Crippen LogP contribution in [-0.4, -0.2) is 25.4 Å². The lowest BCUT2D eigenvalue weighted by Gasteiger charge is -2.18. The third kappa shape index (κ3) is 3.96. The largest absolute Gasteiger partial charge is 0.325 e. The van der Waals surface area contributed by atoms with E-state index < -0.39 is 0 Å². The third-order valence-electron chi connectivity index (χ3n) is 5.24. The molecule has 0 radical (unpaired) electrons. The molecule has 0 aromatic carbocycles. The van der Waals surface area contributed by atoms with Crippen LogP contribution >= 0.6 is 0 Å². The van der Waals surface area contributed by atoms with Crippen LogP contribution in [0, 0.1) is 0 Å². The Balaban J connectivity index is 1.70. The predicted molar refractivity (Wildman–Crippen MR) is 113 cm³/mol. The fourth-order valence-electron chi connectivity index (χ4n) is 3.85. The molecule has 1 aliphatic carbocycles. The van der Waals surface area contributed by atoms with Gasteiger partial charge in [-0.3, -0.25) is 14.2 Å². The minimum Gasteiger partial charge on any atom is -0.325 e. The number of pyridine rings is 2. The van der Waals surface area contributed by atoms with Crippen molar-refractivity contribution < 1.29 is 4.79 Å². The van der Waals surface area contributed by atoms with Gasteiger partial charge in [0, 0.05) is 30.1 Å². The van der Waals surface area contributed by atoms with E-state index in [4.69, 9.17) is 0 Å². The normalized spacial score (nSPS) is 14.3. The minimum atomic E-state index is -0.151. The van der Waals surface area contributed by atoms with Crippen LogP contribution in [0.4, 0.5) is 17.5 Å². The summed E-state index contributed by atoms with van der Waals surface area (Å²) < 4.78 is 1.86. The van der Waals surface area contributed by atoms with Gasteiger partial charge in [-0.25, -0.2) is 9.97 Å². The van der Waals surface area contributed by atoms with Crippen molar-refractivity contribution in [2.75, 3.05) is 10.6 Å². The van der Waals surface area contributed by atoms with Gasteiger partial charge in [0.2, 0.25) is 11.9 Å². The average molecular weight is 392 g/mol. The number of carbonyl (C=O) groups excluding carboxylic acids is 1. The molecule has 0 saturated heterocycles. The Labute approximate surface area is 168 Å². The maximum Gasteiger partial charge on any atom is 0.255 e. The van der Waals surface area contributed by atoms with E-state index in [0.29, 0.717) is 29.5 Å². The van der Waals surface area contributed by atoms with Crippen LogP contribution in [0.1, 0.15) is 51.1 Å². The standard InChI is InChI=1S/C21H24N6O2/c1-3-14-10-15-11-23-21(25-18-9-8-16(12-22-18)24-13(2)28)26-19(15)27(20(14)29)17-6-4-5-7-17/h8-12,17H,3-7H2,1-2H3,(H,24,28)(H,22,23,25,26). The summed E-state index contributed by atoms with van der Waals surface area (Å²) in [6.45, 7) is 3.44. The van der Waals surface area contributed by atoms with E-state index >= 15 is 0 Å². The Morgan fingerprint density at radius 2 is 2.00 bits per heavy atom. The first-order valence-electron chi connectivity index (χ1n) is 9.97. The topological polar surface area (TPSA) is 102 Å². The molecule has 0 unspecified atom stereocenters. The number of nitrogens with zero attached hydrogens (tertiary/aromatic N) is 4. The highest BCUT2D eigenvalue weighted by molar-refractivity contribution is 5.88. The molecule has 4 rings (SSSR count). The number of aryl methyl sites for hydroxylation is 1. The van der Waals surface area contributed by atoms with Gasteiger partial charge in [0.25, 0.3) is 5.56 Å². The van der Waals surface area contributed by atoms with Gasteiger partial charge >= 0.3 is 0 Å². The number of carbonyl (C=O) groups is 1. The second kappa shape index (κ2) is 7.98. The summed E-state index contributed by atoms with van der Waals surface area (Å²) in [5.41, 5.74) is 2.12. The number of anilines is 3. The maximum atomic E-state index is 13.0. The van der Waals surface area contributed by atoms with Gasteiger partial charge in [-0.2, -0.15) is 4.98 Å². The number of hydrogen-bond donors (Lipinski definition) is 2. The molecule has 1 amide bonds. The highest BCUT2D eigenvalue weighted by Gasteiger charge is 2.22. The quantitative estimate of drug-likeness (QED) is 0.688. The summed E-state index contributed by atoms with van der Waals surface area (Å²) in [5.74, 6) is 0.785. The molecule has 0 aliphatic heterocycles. The summed E-state index contributed by atoms with van der Waals surface area (Å²) in [4.78, 5) is 37.5. The van der Waals surface area contributed by atoms with Crippen LogP contribution in [0.5, 0.6) is 0 Å². The molecule has 3 aromatic heterocycles. The summed E-state index contributed by atoms with van der Waals surface area (Å²) >= 11 is 0. The first-order valence-corrected chi connectivity index (χ1v) is 9.97. The van der Waals surface area contributed by atoms with Crippen molar-refractivity contribution in [1.29, 1.82) is 0 Å². The maximum absolute atomic E-state index is 13.0. The second-order valence-corrected chi connectivity index (χ2v) is 7.35. The van der Waals surface area contributed by atoms with Crippen molar-refractivity contribution in [3.8, 4) is 0 Å². The van der Waals surface area contributed by atoms with Gasteiger partial charge < -0.3 is 10.6 Å². The molecule has 3 heterocycles. The van der Waals surface area contributed by atoms with Crippen LogP contribution < -0.4 is 16.2 Å². The molecule has 3 aromatic rings. The Bertz CT molecular complexity index is 1100. The number of aromatic nitrogens is 4. The Kier molecular flexibility index (Phi) is 5.24. The summed E-state index contributed by atoms with van der Waals surface area (Å²) in [6, 6.07) is 5.57. The van der Waals surface area contributed by atoms with Crippen molar-refractivity contribution in [2.24, 2.45) is 0 Å². The summed E-state index contributed by atoms with van der Waals surface area (Å²) in [6.07, 6.45) is 8.27. The molecule has 0 bridgehead atoms. The van der Waals surface area contributed by atoms with Gasteiger partial charge in [0.05, 0.1) is 11.9 Å². The van der Waals surface area contributed by atoms with Gasteiger partial charge in [-0.05, 0) is 37.5 Å². The smallest absolute Gasteiger partial charge is 0.255 e. The number of amides is 1. The van der Waals surface area contributed by atoms with E-state index in [1.54, 1.807) is 24.5 Å². The zero-order valence-corrected chi connectivity index (χ0v) is 16.6. The molecule has 2 N–H and O–H groups in total. The third-order valence-corrected chi connectivity index (χ3v) is 5.24. The van der Waals surface area contributed by atoms with Gasteiger partial charge in [0.1, 0.15) is 11.5 Å². The van der Waals surface area contributed by atoms with Crippen LogP contribution in [0.25, 0.3) is 11.0 Å². The molecular formula is C21H24N6O2. The molecule has 1 fully saturated rings. The average Bonchev–Trinajstić information content (AvgIpc) is 3.23. The van der Waals surface area contributed by atoms with Crippen molar-refractivity contribution in [3.63, 3.8) is 0 Å². The monoisotopic (exact) mass is 392 g/mol. The van der Waals surface area contributed by atoms with E-state index in [1.807, 2.05) is 17.6 Å². The Morgan fingerprint density at radius 1 is 1.21 bits per heavy atom. The van der Waals surface area contributed by atoms with Crippen LogP contribution in [-0.2, 0) is 11.2 Å². The van der Waals surface area contributed by atoms with Crippen molar-refractivity contribution in [1.82, 2.24) is 19.5 Å². The van der Waals surface area contributed by atoms with Crippen LogP contribution in [0.15, 0.2) is 35.4 Å². The molecule has 0 atom stereocenters. The zero-order chi connectivity index (χ0) is 20.4. The second-order valence-electron chi connectivity index (χ2n) is 7.35. The molecule has 1 saturated carbocycles. The first kappa shape index (κ1) is 19.0. The summed E-state index contributed by atoms with van der Waals surface area (Å²) in [7, 11) is 0. The Hall–Kier alpha value is -3.29. The minimum absolute atomic E-state index is 0.0503. The molecule has 8 nitrogen and oxygen atoms in total. The van der Waals surface area contributed by atoms with E-state index in [0.717, 1.165) is 36.6 Å². The van der Waals surface area contributed by atoms with Gasteiger partial charge in [-0.15, -0.1) is 0 Å². The van der Waals surface area contributed by atoms with E-state index in [2.05, 4.69) is 25.6 Å². The Morgan fingerprint density at radius 3 is 2.66 bits per heavy atom. The number of nitrogens with one attached hydrogen (secondary N) is 2. The first-order chi connectivity index (χ1) is 14.0. The number of hydrogen-bond acceptors (Lipinski definition) is 6. The summed E-state index contributed by atoms with van der Waals surface area (Å²) in [5, 5.41) is 6.63. The fraction of sp³-hybridized carbons (Fsp3) is 0.381. The van der Waals surface area contributed by atoms with E-state index in [9.17, 15) is 9.59 Å². The number of rotatable bonds is 5. The fourth-order valence-corrected chi connectivity index (χ4v) is 3.85. The van der Waals surface area contributed by atoms with Crippen molar-refractivity contribution in [3.05, 3.63) is 46.5 Å². The van der Waals surface area contributed by atoms with Gasteiger partial charge in [-0.1, -0.05) is 19.8 Å². The van der Waals surface area contributed by atoms with Crippen molar-refractivity contribution >= 4 is 34.4 Å². The van der Waals surface area contributed by atoms with Crippen molar-refractivity contribution in [2.45, 2.75) is 52.0 Å².